The molecule has 10 nitrogen and oxygen atoms in total. The third kappa shape index (κ3) is 5.21. The molecule has 1 aromatic heterocycles. The molecule has 0 saturated carbocycles. The molecule has 1 fully saturated rings. The summed E-state index contributed by atoms with van der Waals surface area (Å²) in [6.45, 7) is 1.33. The summed E-state index contributed by atoms with van der Waals surface area (Å²) in [6, 6.07) is 3.92. The Kier molecular flexibility index (Phi) is 6.63. The second-order valence-corrected chi connectivity index (χ2v) is 6.99. The van der Waals surface area contributed by atoms with Gasteiger partial charge in [0, 0.05) is 32.1 Å². The van der Waals surface area contributed by atoms with Crippen LogP contribution in [0.5, 0.6) is 0 Å². The van der Waals surface area contributed by atoms with Crippen molar-refractivity contribution in [2.24, 2.45) is 0 Å². The summed E-state index contributed by atoms with van der Waals surface area (Å²) in [5, 5.41) is 10.8. The predicted octanol–water partition coefficient (Wildman–Crippen LogP) is 2.23. The number of carbonyl (C=O) groups is 2. The number of amides is 1. The Balaban J connectivity index is 1.49. The van der Waals surface area contributed by atoms with Crippen molar-refractivity contribution in [2.45, 2.75) is 45.1 Å². The molecule has 1 aliphatic heterocycles. The summed E-state index contributed by atoms with van der Waals surface area (Å²) in [7, 11) is 0. The fourth-order valence-electron chi connectivity index (χ4n) is 3.39. The number of nitro benzene ring substituents is 1. The topological polar surface area (TPSA) is 125 Å². The van der Waals surface area contributed by atoms with Gasteiger partial charge in [-0.3, -0.25) is 24.3 Å². The molecule has 1 saturated heterocycles. The second kappa shape index (κ2) is 9.35. The second-order valence-electron chi connectivity index (χ2n) is 6.99. The van der Waals surface area contributed by atoms with Crippen molar-refractivity contribution in [2.75, 3.05) is 19.7 Å². The highest BCUT2D eigenvalue weighted by atomic mass is 16.6. The lowest BCUT2D eigenvalue weighted by molar-refractivity contribution is -0.384. The molecule has 29 heavy (non-hydrogen) atoms. The molecule has 0 unspecified atom stereocenters. The predicted molar refractivity (Wildman–Crippen MR) is 102 cm³/mol. The van der Waals surface area contributed by atoms with Crippen LogP contribution in [0.3, 0.4) is 0 Å². The Hall–Kier alpha value is -3.17. The summed E-state index contributed by atoms with van der Waals surface area (Å²) >= 11 is 0. The number of benzene rings is 1. The quantitative estimate of drug-likeness (QED) is 0.393. The molecule has 0 atom stereocenters. The van der Waals surface area contributed by atoms with E-state index in [0.717, 1.165) is 25.7 Å². The molecular weight excluding hydrogens is 382 g/mol. The minimum absolute atomic E-state index is 0.0410. The van der Waals surface area contributed by atoms with Crippen LogP contribution in [-0.2, 0) is 20.9 Å². The van der Waals surface area contributed by atoms with E-state index in [1.54, 1.807) is 4.90 Å². The third-order valence-electron chi connectivity index (χ3n) is 4.94. The number of carbonyl (C=O) groups excluding carboxylic acids is 2. The Morgan fingerprint density at radius 2 is 1.90 bits per heavy atom. The van der Waals surface area contributed by atoms with Crippen molar-refractivity contribution in [3.8, 4) is 0 Å². The SMILES string of the molecule is O=C(CCCn1c(=O)oc2cc([N+](=O)[O-])ccc21)OCC(=O)N1CCCCCC1. The smallest absolute Gasteiger partial charge is 0.419 e. The number of esters is 1. The van der Waals surface area contributed by atoms with Crippen molar-refractivity contribution in [1.82, 2.24) is 9.47 Å². The normalized spacial score (nSPS) is 14.6. The molecular formula is C19H23N3O7. The van der Waals surface area contributed by atoms with Crippen LogP contribution in [0.4, 0.5) is 5.69 Å². The van der Waals surface area contributed by atoms with Gasteiger partial charge in [-0.05, 0) is 25.3 Å². The summed E-state index contributed by atoms with van der Waals surface area (Å²) in [4.78, 5) is 48.0. The minimum atomic E-state index is -0.648. The summed E-state index contributed by atoms with van der Waals surface area (Å²) in [6.07, 6.45) is 4.51. The molecule has 0 radical (unpaired) electrons. The number of aromatic nitrogens is 1. The zero-order valence-electron chi connectivity index (χ0n) is 16.0. The van der Waals surface area contributed by atoms with Crippen molar-refractivity contribution in [1.29, 1.82) is 0 Å². The summed E-state index contributed by atoms with van der Waals surface area (Å²) in [5.74, 6) is -1.34. The summed E-state index contributed by atoms with van der Waals surface area (Å²) < 4.78 is 11.4. The van der Waals surface area contributed by atoms with Crippen LogP contribution < -0.4 is 5.76 Å². The van der Waals surface area contributed by atoms with Gasteiger partial charge in [0.05, 0.1) is 16.5 Å². The monoisotopic (exact) mass is 405 g/mol. The number of aryl methyl sites for hydroxylation is 1. The van der Waals surface area contributed by atoms with E-state index in [2.05, 4.69) is 0 Å². The van der Waals surface area contributed by atoms with Crippen molar-refractivity contribution in [3.63, 3.8) is 0 Å². The Labute approximate surface area is 166 Å². The highest BCUT2D eigenvalue weighted by Gasteiger charge is 2.18. The fourth-order valence-corrected chi connectivity index (χ4v) is 3.39. The number of likely N-dealkylation sites (tertiary alicyclic amines) is 1. The van der Waals surface area contributed by atoms with Gasteiger partial charge in [0.2, 0.25) is 0 Å². The van der Waals surface area contributed by atoms with Gasteiger partial charge in [-0.25, -0.2) is 4.79 Å². The third-order valence-corrected chi connectivity index (χ3v) is 4.94. The van der Waals surface area contributed by atoms with Gasteiger partial charge in [-0.15, -0.1) is 0 Å². The van der Waals surface area contributed by atoms with Crippen LogP contribution in [0.2, 0.25) is 0 Å². The first-order chi connectivity index (χ1) is 14.0. The Morgan fingerprint density at radius 3 is 2.59 bits per heavy atom. The van der Waals surface area contributed by atoms with Crippen LogP contribution in [0.15, 0.2) is 27.4 Å². The van der Waals surface area contributed by atoms with Gasteiger partial charge in [0.25, 0.3) is 11.6 Å². The van der Waals surface area contributed by atoms with E-state index in [4.69, 9.17) is 9.15 Å². The Bertz CT molecular complexity index is 954. The van der Waals surface area contributed by atoms with E-state index in [0.29, 0.717) is 25.0 Å². The number of hydrogen-bond acceptors (Lipinski definition) is 7. The number of nitrogens with zero attached hydrogens (tertiary/aromatic N) is 3. The van der Waals surface area contributed by atoms with Gasteiger partial charge in [0.15, 0.2) is 12.2 Å². The van der Waals surface area contributed by atoms with E-state index in [9.17, 15) is 24.5 Å². The largest absolute Gasteiger partial charge is 0.456 e. The molecule has 0 aliphatic carbocycles. The van der Waals surface area contributed by atoms with Gasteiger partial charge in [-0.1, -0.05) is 12.8 Å². The molecule has 1 aliphatic rings. The number of hydrogen-bond donors (Lipinski definition) is 0. The van der Waals surface area contributed by atoms with Crippen LogP contribution in [0.25, 0.3) is 11.1 Å². The molecule has 1 amide bonds. The van der Waals surface area contributed by atoms with Gasteiger partial charge in [-0.2, -0.15) is 0 Å². The van der Waals surface area contributed by atoms with Crippen LogP contribution in [0.1, 0.15) is 38.5 Å². The van der Waals surface area contributed by atoms with E-state index in [1.807, 2.05) is 0 Å². The minimum Gasteiger partial charge on any atom is -0.456 e. The zero-order chi connectivity index (χ0) is 20.8. The first kappa shape index (κ1) is 20.6. The van der Waals surface area contributed by atoms with E-state index in [-0.39, 0.29) is 36.8 Å². The fraction of sp³-hybridized carbons (Fsp3) is 0.526. The van der Waals surface area contributed by atoms with Gasteiger partial charge < -0.3 is 14.1 Å². The maximum Gasteiger partial charge on any atom is 0.419 e. The molecule has 0 N–H and O–H groups in total. The lowest BCUT2D eigenvalue weighted by Gasteiger charge is -2.19. The highest BCUT2D eigenvalue weighted by molar-refractivity contribution is 5.80. The van der Waals surface area contributed by atoms with Gasteiger partial charge in [0.1, 0.15) is 0 Å². The Morgan fingerprint density at radius 1 is 1.17 bits per heavy atom. The van der Waals surface area contributed by atoms with Crippen LogP contribution in [-0.4, -0.2) is 46.0 Å². The number of rotatable bonds is 7. The first-order valence-electron chi connectivity index (χ1n) is 9.67. The van der Waals surface area contributed by atoms with Crippen molar-refractivity contribution < 1.29 is 23.7 Å². The standard InChI is InChI=1S/C19H23N3O7/c23-17(20-9-3-1-2-4-10-20)13-28-18(24)6-5-11-21-15-8-7-14(22(26)27)12-16(15)29-19(21)25/h7-8,12H,1-6,9-11,13H2. The molecule has 2 aromatic rings. The number of non-ortho nitro benzene ring substituents is 1. The first-order valence-corrected chi connectivity index (χ1v) is 9.67. The molecule has 2 heterocycles. The lowest BCUT2D eigenvalue weighted by Crippen LogP contribution is -2.35. The van der Waals surface area contributed by atoms with Gasteiger partial charge >= 0.3 is 11.7 Å². The molecule has 10 heteroatoms. The molecule has 0 spiro atoms. The molecule has 0 bridgehead atoms. The molecule has 3 rings (SSSR count). The molecule has 1 aromatic carbocycles. The maximum atomic E-state index is 12.1. The molecule has 156 valence electrons. The van der Waals surface area contributed by atoms with E-state index in [1.165, 1.54) is 22.8 Å². The lowest BCUT2D eigenvalue weighted by atomic mass is 10.2. The average molecular weight is 405 g/mol. The van der Waals surface area contributed by atoms with Crippen molar-refractivity contribution >= 4 is 28.7 Å². The summed E-state index contributed by atoms with van der Waals surface area (Å²) in [5.41, 5.74) is 0.371. The zero-order valence-corrected chi connectivity index (χ0v) is 16.0. The number of ether oxygens (including phenoxy) is 1. The van der Waals surface area contributed by atoms with Crippen LogP contribution >= 0.6 is 0 Å². The van der Waals surface area contributed by atoms with Crippen molar-refractivity contribution in [3.05, 3.63) is 38.9 Å². The van der Waals surface area contributed by atoms with Crippen LogP contribution in [0, 0.1) is 10.1 Å². The van der Waals surface area contributed by atoms with E-state index < -0.39 is 16.6 Å². The highest BCUT2D eigenvalue weighted by Crippen LogP contribution is 2.20. The maximum absolute atomic E-state index is 12.1. The van der Waals surface area contributed by atoms with E-state index >= 15 is 0 Å². The number of nitro groups is 1. The number of fused-ring (bicyclic) bond motifs is 1. The average Bonchev–Trinajstić information content (AvgIpc) is 2.87. The number of oxazole rings is 1.